The standard InChI is InChI=1S/C7H8BrNO5S2/c1-4-2-6(15-7(4)8)16(12,13)9-14-3-5(10)11/h2,9H,3H2,1H3,(H,10,11). The lowest BCUT2D eigenvalue weighted by Crippen LogP contribution is -2.26. The number of carboxylic acids is 1. The Morgan fingerprint density at radius 1 is 1.69 bits per heavy atom. The first-order valence-electron chi connectivity index (χ1n) is 3.94. The van der Waals surface area contributed by atoms with Crippen molar-refractivity contribution in [2.75, 3.05) is 6.61 Å². The van der Waals surface area contributed by atoms with E-state index in [1.54, 1.807) is 11.8 Å². The molecule has 16 heavy (non-hydrogen) atoms. The number of thiophene rings is 1. The Morgan fingerprint density at radius 2 is 2.31 bits per heavy atom. The number of rotatable bonds is 5. The van der Waals surface area contributed by atoms with Gasteiger partial charge in [-0.3, -0.25) is 4.84 Å². The molecule has 0 atom stereocenters. The third-order valence-electron chi connectivity index (χ3n) is 1.46. The van der Waals surface area contributed by atoms with E-state index in [1.807, 2.05) is 0 Å². The number of halogens is 1. The summed E-state index contributed by atoms with van der Waals surface area (Å²) in [6.45, 7) is 1.02. The molecule has 90 valence electrons. The van der Waals surface area contributed by atoms with Crippen LogP contribution in [0, 0.1) is 6.92 Å². The Kier molecular flexibility index (Phi) is 4.44. The summed E-state index contributed by atoms with van der Waals surface area (Å²) >= 11 is 4.21. The molecule has 0 radical (unpaired) electrons. The maximum absolute atomic E-state index is 11.5. The third-order valence-corrected chi connectivity index (χ3v) is 5.29. The molecule has 0 amide bonds. The van der Waals surface area contributed by atoms with E-state index >= 15 is 0 Å². The molecule has 0 spiro atoms. The molecule has 0 aliphatic carbocycles. The maximum atomic E-state index is 11.5. The van der Waals surface area contributed by atoms with Crippen molar-refractivity contribution in [2.24, 2.45) is 0 Å². The number of carboxylic acid groups (broad SMARTS) is 1. The van der Waals surface area contributed by atoms with E-state index in [2.05, 4.69) is 20.8 Å². The summed E-state index contributed by atoms with van der Waals surface area (Å²) in [5.41, 5.74) is 0.781. The Hall–Kier alpha value is -0.480. The van der Waals surface area contributed by atoms with Crippen LogP contribution in [0.3, 0.4) is 0 Å². The van der Waals surface area contributed by atoms with Crippen LogP contribution in [0.1, 0.15) is 5.56 Å². The van der Waals surface area contributed by atoms with Gasteiger partial charge < -0.3 is 5.11 Å². The van der Waals surface area contributed by atoms with Crippen molar-refractivity contribution in [3.8, 4) is 0 Å². The number of hydrogen-bond donors (Lipinski definition) is 2. The first-order chi connectivity index (χ1) is 7.33. The Bertz CT molecular complexity index is 475. The van der Waals surface area contributed by atoms with Gasteiger partial charge in [-0.05, 0) is 34.5 Å². The van der Waals surface area contributed by atoms with Gasteiger partial charge in [-0.1, -0.05) is 4.89 Å². The molecule has 6 nitrogen and oxygen atoms in total. The van der Waals surface area contributed by atoms with Gasteiger partial charge in [0.1, 0.15) is 4.21 Å². The summed E-state index contributed by atoms with van der Waals surface area (Å²) < 4.78 is 23.8. The van der Waals surface area contributed by atoms with Crippen LogP contribution < -0.4 is 4.89 Å². The second-order valence-corrected chi connectivity index (χ2v) is 7.03. The number of carbonyl (C=O) groups is 1. The molecule has 1 aromatic heterocycles. The molecule has 2 N–H and O–H groups in total. The van der Waals surface area contributed by atoms with E-state index in [-0.39, 0.29) is 4.21 Å². The van der Waals surface area contributed by atoms with Crippen LogP contribution in [0.25, 0.3) is 0 Å². The number of aryl methyl sites for hydroxylation is 1. The Balaban J connectivity index is 2.74. The highest BCUT2D eigenvalue weighted by Crippen LogP contribution is 2.30. The lowest BCUT2D eigenvalue weighted by atomic mass is 10.4. The average molecular weight is 330 g/mol. The van der Waals surface area contributed by atoms with Gasteiger partial charge >= 0.3 is 5.97 Å². The summed E-state index contributed by atoms with van der Waals surface area (Å²) in [7, 11) is -3.80. The van der Waals surface area contributed by atoms with Crippen molar-refractivity contribution in [3.63, 3.8) is 0 Å². The van der Waals surface area contributed by atoms with E-state index in [0.29, 0.717) is 3.79 Å². The summed E-state index contributed by atoms with van der Waals surface area (Å²) in [6, 6.07) is 1.46. The molecular formula is C7H8BrNO5S2. The van der Waals surface area contributed by atoms with Crippen molar-refractivity contribution >= 4 is 43.3 Å². The molecule has 0 saturated heterocycles. The van der Waals surface area contributed by atoms with Crippen LogP contribution in [0.5, 0.6) is 0 Å². The van der Waals surface area contributed by atoms with Crippen molar-refractivity contribution in [2.45, 2.75) is 11.1 Å². The number of sulfonamides is 1. The molecule has 0 aliphatic rings. The van der Waals surface area contributed by atoms with Crippen LogP contribution in [0.15, 0.2) is 14.1 Å². The van der Waals surface area contributed by atoms with Crippen molar-refractivity contribution in [1.82, 2.24) is 4.89 Å². The van der Waals surface area contributed by atoms with Crippen molar-refractivity contribution in [1.29, 1.82) is 0 Å². The number of nitrogens with one attached hydrogen (secondary N) is 1. The molecule has 1 heterocycles. The first-order valence-corrected chi connectivity index (χ1v) is 7.03. The zero-order valence-corrected chi connectivity index (χ0v) is 11.3. The third kappa shape index (κ3) is 3.52. The van der Waals surface area contributed by atoms with Crippen LogP contribution in [-0.4, -0.2) is 26.1 Å². The fraction of sp³-hybridized carbons (Fsp3) is 0.286. The average Bonchev–Trinajstić information content (AvgIpc) is 2.46. The SMILES string of the molecule is Cc1cc(S(=O)(=O)NOCC(=O)O)sc1Br. The van der Waals surface area contributed by atoms with Crippen LogP contribution in [0.4, 0.5) is 0 Å². The molecule has 0 unspecified atom stereocenters. The molecular weight excluding hydrogens is 322 g/mol. The van der Waals surface area contributed by atoms with Gasteiger partial charge in [0.2, 0.25) is 0 Å². The topological polar surface area (TPSA) is 92.7 Å². The summed E-state index contributed by atoms with van der Waals surface area (Å²) in [6.07, 6.45) is 0. The van der Waals surface area contributed by atoms with Gasteiger partial charge in [0.15, 0.2) is 6.61 Å². The highest BCUT2D eigenvalue weighted by Gasteiger charge is 2.18. The second-order valence-electron chi connectivity index (χ2n) is 2.79. The number of hydrogen-bond acceptors (Lipinski definition) is 5. The first kappa shape index (κ1) is 13.6. The molecule has 1 rings (SSSR count). The maximum Gasteiger partial charge on any atom is 0.331 e. The van der Waals surface area contributed by atoms with Gasteiger partial charge in [-0.15, -0.1) is 11.3 Å². The van der Waals surface area contributed by atoms with E-state index in [1.165, 1.54) is 6.07 Å². The Labute approximate surface area is 104 Å². The predicted octanol–water partition coefficient (Wildman–Crippen LogP) is 1.11. The van der Waals surface area contributed by atoms with Gasteiger partial charge in [0.05, 0.1) is 3.79 Å². The molecule has 0 aliphatic heterocycles. The monoisotopic (exact) mass is 329 g/mol. The minimum absolute atomic E-state index is 0.0577. The van der Waals surface area contributed by atoms with Crippen molar-refractivity contribution in [3.05, 3.63) is 15.4 Å². The zero-order chi connectivity index (χ0) is 12.3. The summed E-state index contributed by atoms with van der Waals surface area (Å²) in [4.78, 5) is 16.2. The zero-order valence-electron chi connectivity index (χ0n) is 8.06. The van der Waals surface area contributed by atoms with E-state index in [9.17, 15) is 13.2 Å². The van der Waals surface area contributed by atoms with Gasteiger partial charge in [-0.2, -0.15) is 0 Å². The highest BCUT2D eigenvalue weighted by atomic mass is 79.9. The summed E-state index contributed by atoms with van der Waals surface area (Å²) in [5.74, 6) is -1.26. The normalized spacial score (nSPS) is 11.6. The molecule has 0 bridgehead atoms. The highest BCUT2D eigenvalue weighted by molar-refractivity contribution is 9.11. The Morgan fingerprint density at radius 3 is 2.75 bits per heavy atom. The fourth-order valence-electron chi connectivity index (χ4n) is 0.774. The van der Waals surface area contributed by atoms with E-state index in [0.717, 1.165) is 16.9 Å². The minimum atomic E-state index is -3.80. The van der Waals surface area contributed by atoms with Gasteiger partial charge in [-0.25, -0.2) is 13.2 Å². The molecule has 0 aromatic carbocycles. The van der Waals surface area contributed by atoms with Crippen LogP contribution in [-0.2, 0) is 19.7 Å². The molecule has 1 aromatic rings. The van der Waals surface area contributed by atoms with Gasteiger partial charge in [0, 0.05) is 0 Å². The smallest absolute Gasteiger partial charge is 0.331 e. The van der Waals surface area contributed by atoms with Gasteiger partial charge in [0.25, 0.3) is 10.0 Å². The van der Waals surface area contributed by atoms with E-state index in [4.69, 9.17) is 5.11 Å². The quantitative estimate of drug-likeness (QED) is 0.789. The number of aliphatic carboxylic acids is 1. The minimum Gasteiger partial charge on any atom is -0.479 e. The van der Waals surface area contributed by atoms with Crippen LogP contribution in [0.2, 0.25) is 0 Å². The second kappa shape index (κ2) is 5.23. The lowest BCUT2D eigenvalue weighted by Gasteiger charge is -2.02. The summed E-state index contributed by atoms with van der Waals surface area (Å²) in [5, 5.41) is 8.26. The molecule has 0 saturated carbocycles. The molecule has 9 heteroatoms. The van der Waals surface area contributed by atoms with E-state index < -0.39 is 22.6 Å². The molecule has 0 fully saturated rings. The largest absolute Gasteiger partial charge is 0.479 e. The van der Waals surface area contributed by atoms with Crippen molar-refractivity contribution < 1.29 is 23.2 Å². The van der Waals surface area contributed by atoms with Crippen LogP contribution >= 0.6 is 27.3 Å². The fourth-order valence-corrected chi connectivity index (χ4v) is 3.78. The predicted molar refractivity (Wildman–Crippen MR) is 60.7 cm³/mol. The lowest BCUT2D eigenvalue weighted by molar-refractivity contribution is -0.143.